The molecule has 1 aliphatic heterocycles. The number of rotatable bonds is 6. The number of hydrogen-bond acceptors (Lipinski definition) is 5. The molecule has 0 radical (unpaired) electrons. The molecule has 1 aliphatic rings. The maximum absolute atomic E-state index is 13.4. The molecule has 0 aliphatic carbocycles. The summed E-state index contributed by atoms with van der Waals surface area (Å²) in [7, 11) is -2.06. The van der Waals surface area contributed by atoms with Gasteiger partial charge in [-0.05, 0) is 30.4 Å². The van der Waals surface area contributed by atoms with Gasteiger partial charge in [0.25, 0.3) is 0 Å². The number of aromatic hydroxyl groups is 1. The highest BCUT2D eigenvalue weighted by atomic mass is 32.2. The minimum absolute atomic E-state index is 0.0163. The van der Waals surface area contributed by atoms with Gasteiger partial charge in [0, 0.05) is 31.4 Å². The van der Waals surface area contributed by atoms with Gasteiger partial charge in [0.1, 0.15) is 10.6 Å². The Kier molecular flexibility index (Phi) is 6.58. The van der Waals surface area contributed by atoms with E-state index < -0.39 is 10.0 Å². The summed E-state index contributed by atoms with van der Waals surface area (Å²) < 4.78 is 28.2. The molecule has 0 fully saturated rings. The fraction of sp³-hybridized carbons (Fsp3) is 0.429. The minimum Gasteiger partial charge on any atom is -0.507 e. The van der Waals surface area contributed by atoms with Gasteiger partial charge in [-0.3, -0.25) is 0 Å². The van der Waals surface area contributed by atoms with E-state index in [0.717, 1.165) is 30.7 Å². The highest BCUT2D eigenvalue weighted by Gasteiger charge is 2.37. The molecule has 0 saturated carbocycles. The summed E-state index contributed by atoms with van der Waals surface area (Å²) in [5.41, 5.74) is 1.58. The van der Waals surface area contributed by atoms with Gasteiger partial charge in [-0.15, -0.1) is 11.8 Å². The summed E-state index contributed by atoms with van der Waals surface area (Å²) in [4.78, 5) is 2.94. The van der Waals surface area contributed by atoms with Crippen molar-refractivity contribution in [2.75, 3.05) is 24.2 Å². The van der Waals surface area contributed by atoms with Crippen LogP contribution in [0, 0.1) is 0 Å². The zero-order valence-electron chi connectivity index (χ0n) is 16.6. The lowest BCUT2D eigenvalue weighted by Gasteiger charge is -2.29. The number of benzene rings is 2. The van der Waals surface area contributed by atoms with Gasteiger partial charge in [-0.1, -0.05) is 44.9 Å². The highest BCUT2D eigenvalue weighted by molar-refractivity contribution is 7.99. The van der Waals surface area contributed by atoms with Crippen molar-refractivity contribution in [3.8, 4) is 5.75 Å². The Morgan fingerprint density at radius 1 is 1.18 bits per heavy atom. The molecular weight excluding hydrogens is 392 g/mol. The van der Waals surface area contributed by atoms with Crippen LogP contribution in [0.2, 0.25) is 0 Å². The van der Waals surface area contributed by atoms with Gasteiger partial charge in [-0.2, -0.15) is 4.31 Å². The van der Waals surface area contributed by atoms with Crippen LogP contribution in [-0.2, 0) is 10.0 Å². The van der Waals surface area contributed by atoms with E-state index in [2.05, 4.69) is 11.8 Å². The first-order chi connectivity index (χ1) is 13.4. The molecule has 2 aromatic rings. The smallest absolute Gasteiger partial charge is 0.245 e. The van der Waals surface area contributed by atoms with Crippen molar-refractivity contribution in [3.63, 3.8) is 0 Å². The van der Waals surface area contributed by atoms with Gasteiger partial charge < -0.3 is 10.0 Å². The summed E-state index contributed by atoms with van der Waals surface area (Å²) >= 11 is 1.51. The van der Waals surface area contributed by atoms with Crippen LogP contribution in [0.4, 0.5) is 11.4 Å². The average molecular weight is 421 g/mol. The van der Waals surface area contributed by atoms with Crippen molar-refractivity contribution in [3.05, 3.63) is 42.5 Å². The third-order valence-electron chi connectivity index (χ3n) is 5.15. The van der Waals surface area contributed by atoms with Gasteiger partial charge in [-0.25, -0.2) is 8.42 Å². The van der Waals surface area contributed by atoms with Crippen molar-refractivity contribution in [1.29, 1.82) is 0 Å². The standard InChI is InChI=1S/C21H28N2O3S2/c1-4-6-10-17-15-23(16-11-8-7-9-12-16)18-13-20(27-5-2)19(24)14-21(18)28(25,26)22(17)3/h7-9,11-14,17,24H,4-6,10,15H2,1-3H3. The predicted octanol–water partition coefficient (Wildman–Crippen LogP) is 4.84. The molecule has 1 atom stereocenters. The van der Waals surface area contributed by atoms with E-state index >= 15 is 0 Å². The van der Waals surface area contributed by atoms with Gasteiger partial charge >= 0.3 is 0 Å². The zero-order chi connectivity index (χ0) is 20.3. The number of hydrogen-bond donors (Lipinski definition) is 1. The molecule has 2 aromatic carbocycles. The molecule has 1 unspecified atom stereocenters. The first-order valence-corrected chi connectivity index (χ1v) is 12.1. The van der Waals surface area contributed by atoms with Crippen LogP contribution in [0.1, 0.15) is 33.1 Å². The SMILES string of the molecule is CCCCC1CN(c2ccccc2)c2cc(SCC)c(O)cc2S(=O)(=O)N1C. The van der Waals surface area contributed by atoms with E-state index in [9.17, 15) is 13.5 Å². The normalized spacial score (nSPS) is 19.2. The Balaban J connectivity index is 2.21. The van der Waals surface area contributed by atoms with Crippen LogP contribution in [0.25, 0.3) is 0 Å². The number of fused-ring (bicyclic) bond motifs is 1. The summed E-state index contributed by atoms with van der Waals surface area (Å²) in [6.07, 6.45) is 2.78. The Labute approximate surface area is 172 Å². The topological polar surface area (TPSA) is 60.9 Å². The molecule has 1 heterocycles. The van der Waals surface area contributed by atoms with Gasteiger partial charge in [0.05, 0.1) is 10.6 Å². The Bertz CT molecular complexity index is 917. The lowest BCUT2D eigenvalue weighted by atomic mass is 10.1. The quantitative estimate of drug-likeness (QED) is 0.678. The summed E-state index contributed by atoms with van der Waals surface area (Å²) in [6, 6.07) is 13.0. The van der Waals surface area contributed by atoms with E-state index in [0.29, 0.717) is 17.1 Å². The molecule has 0 bridgehead atoms. The van der Waals surface area contributed by atoms with E-state index in [-0.39, 0.29) is 16.7 Å². The number of sulfonamides is 1. The second kappa shape index (κ2) is 8.76. The fourth-order valence-corrected chi connectivity index (χ4v) is 5.85. The monoisotopic (exact) mass is 420 g/mol. The third kappa shape index (κ3) is 4.02. The number of para-hydroxylation sites is 1. The number of likely N-dealkylation sites (N-methyl/N-ethyl adjacent to an activating group) is 1. The molecule has 0 spiro atoms. The Morgan fingerprint density at radius 2 is 1.89 bits per heavy atom. The zero-order valence-corrected chi connectivity index (χ0v) is 18.3. The molecule has 0 amide bonds. The average Bonchev–Trinajstić information content (AvgIpc) is 2.76. The number of thioether (sulfide) groups is 1. The molecule has 1 N–H and O–H groups in total. The molecule has 3 rings (SSSR count). The van der Waals surface area contributed by atoms with E-state index in [1.807, 2.05) is 43.3 Å². The maximum Gasteiger partial charge on any atom is 0.245 e. The van der Waals surface area contributed by atoms with Crippen molar-refractivity contribution >= 4 is 33.2 Å². The van der Waals surface area contributed by atoms with E-state index in [4.69, 9.17) is 0 Å². The molecular formula is C21H28N2O3S2. The molecule has 7 heteroatoms. The molecule has 0 aromatic heterocycles. The second-order valence-corrected chi connectivity index (χ2v) is 10.3. The fourth-order valence-electron chi connectivity index (χ4n) is 3.57. The Hall–Kier alpha value is -1.70. The van der Waals surface area contributed by atoms with Crippen molar-refractivity contribution in [2.45, 2.75) is 48.9 Å². The number of phenols is 1. The summed E-state index contributed by atoms with van der Waals surface area (Å²) in [5.74, 6) is 0.811. The molecule has 0 saturated heterocycles. The molecule has 5 nitrogen and oxygen atoms in total. The van der Waals surface area contributed by atoms with Crippen molar-refractivity contribution in [2.24, 2.45) is 0 Å². The van der Waals surface area contributed by atoms with Crippen LogP contribution >= 0.6 is 11.8 Å². The van der Waals surface area contributed by atoms with Gasteiger partial charge in [0.2, 0.25) is 10.0 Å². The van der Waals surface area contributed by atoms with Gasteiger partial charge in [0.15, 0.2) is 0 Å². The lowest BCUT2D eigenvalue weighted by Crippen LogP contribution is -2.40. The first-order valence-electron chi connectivity index (χ1n) is 9.70. The Morgan fingerprint density at radius 3 is 2.54 bits per heavy atom. The van der Waals surface area contributed by atoms with Crippen LogP contribution in [-0.4, -0.2) is 43.2 Å². The molecule has 152 valence electrons. The largest absolute Gasteiger partial charge is 0.507 e. The predicted molar refractivity (Wildman–Crippen MR) is 116 cm³/mol. The van der Waals surface area contributed by atoms with Crippen LogP contribution in [0.15, 0.2) is 52.3 Å². The second-order valence-electron chi connectivity index (χ2n) is 6.98. The van der Waals surface area contributed by atoms with E-state index in [1.165, 1.54) is 22.1 Å². The number of phenolic OH excluding ortho intramolecular Hbond substituents is 1. The number of anilines is 2. The third-order valence-corrected chi connectivity index (χ3v) is 8.02. The summed E-state index contributed by atoms with van der Waals surface area (Å²) in [6.45, 7) is 4.70. The van der Waals surface area contributed by atoms with Crippen molar-refractivity contribution < 1.29 is 13.5 Å². The first kappa shape index (κ1) is 21.0. The lowest BCUT2D eigenvalue weighted by molar-refractivity contribution is 0.351. The van der Waals surface area contributed by atoms with Crippen molar-refractivity contribution in [1.82, 2.24) is 4.31 Å². The number of nitrogens with zero attached hydrogens (tertiary/aromatic N) is 2. The van der Waals surface area contributed by atoms with E-state index in [1.54, 1.807) is 7.05 Å². The van der Waals surface area contributed by atoms with Crippen LogP contribution in [0.5, 0.6) is 5.75 Å². The van der Waals surface area contributed by atoms with Crippen LogP contribution in [0.3, 0.4) is 0 Å². The van der Waals surface area contributed by atoms with Crippen LogP contribution < -0.4 is 4.90 Å². The highest BCUT2D eigenvalue weighted by Crippen LogP contribution is 2.43. The maximum atomic E-state index is 13.4. The summed E-state index contributed by atoms with van der Waals surface area (Å²) in [5, 5.41) is 10.4. The number of unbranched alkanes of at least 4 members (excludes halogenated alkanes) is 1. The molecule has 28 heavy (non-hydrogen) atoms. The minimum atomic E-state index is -3.71.